The topological polar surface area (TPSA) is 90.6 Å². The number of methoxy groups -OCH3 is 2. The van der Waals surface area contributed by atoms with Gasteiger partial charge < -0.3 is 9.47 Å². The van der Waals surface area contributed by atoms with E-state index in [0.717, 1.165) is 9.48 Å². The Balaban J connectivity index is 2.25. The number of benzene rings is 1. The van der Waals surface area contributed by atoms with Crippen LogP contribution in [0, 0.1) is 5.92 Å². The Morgan fingerprint density at radius 3 is 2.15 bits per heavy atom. The Bertz CT molecular complexity index is 736. The lowest BCUT2D eigenvalue weighted by Gasteiger charge is -2.25. The third-order valence-corrected chi connectivity index (χ3v) is 5.42. The number of nitrogens with two attached hydrogens (primary N) is 1. The number of nitrogens with zero attached hydrogens (tertiary/aromatic N) is 3. The van der Waals surface area contributed by atoms with E-state index in [1.807, 2.05) is 26.0 Å². The lowest BCUT2D eigenvalue weighted by Crippen LogP contribution is -2.44. The van der Waals surface area contributed by atoms with Crippen molar-refractivity contribution in [1.29, 1.82) is 0 Å². The fourth-order valence-electron chi connectivity index (χ4n) is 2.10. The smallest absolute Gasteiger partial charge is 0.255 e. The summed E-state index contributed by atoms with van der Waals surface area (Å²) in [5, 5.41) is 1.07. The summed E-state index contributed by atoms with van der Waals surface area (Å²) in [4.78, 5) is 21.5. The predicted octanol–water partition coefficient (Wildman–Crippen LogP) is 3.28. The molecule has 1 aromatic heterocycles. The number of hydrogen-bond donors (Lipinski definition) is 1. The van der Waals surface area contributed by atoms with E-state index in [1.165, 1.54) is 26.0 Å². The lowest BCUT2D eigenvalue weighted by atomic mass is 10.1. The van der Waals surface area contributed by atoms with Gasteiger partial charge in [-0.3, -0.25) is 4.79 Å². The van der Waals surface area contributed by atoms with Crippen LogP contribution in [0.1, 0.15) is 13.8 Å². The van der Waals surface area contributed by atoms with Gasteiger partial charge in [0.2, 0.25) is 11.8 Å². The Labute approximate surface area is 165 Å². The van der Waals surface area contributed by atoms with Gasteiger partial charge in [-0.2, -0.15) is 9.97 Å². The van der Waals surface area contributed by atoms with E-state index in [-0.39, 0.29) is 11.8 Å². The van der Waals surface area contributed by atoms with Gasteiger partial charge in [-0.05, 0) is 30.2 Å². The number of thioether (sulfide) groups is 1. The number of halogens is 1. The molecule has 7 nitrogen and oxygen atoms in total. The van der Waals surface area contributed by atoms with Crippen molar-refractivity contribution in [3.05, 3.63) is 34.8 Å². The molecule has 0 fully saturated rings. The average molecular weight is 441 g/mol. The zero-order chi connectivity index (χ0) is 19.3. The maximum absolute atomic E-state index is 12.9. The molecule has 1 amide bonds. The second kappa shape index (κ2) is 9.20. The summed E-state index contributed by atoms with van der Waals surface area (Å²) in [6.45, 7) is 3.89. The molecule has 1 unspecified atom stereocenters. The second-order valence-corrected chi connectivity index (χ2v) is 7.73. The van der Waals surface area contributed by atoms with Gasteiger partial charge in [0.1, 0.15) is 0 Å². The van der Waals surface area contributed by atoms with Crippen LogP contribution < -0.4 is 20.3 Å². The highest BCUT2D eigenvalue weighted by molar-refractivity contribution is 9.10. The van der Waals surface area contributed by atoms with Crippen molar-refractivity contribution in [2.45, 2.75) is 24.3 Å². The minimum absolute atomic E-state index is 0.00907. The third-order valence-electron chi connectivity index (χ3n) is 3.50. The predicted molar refractivity (Wildman–Crippen MR) is 105 cm³/mol. The standard InChI is InChI=1S/C17H21BrN4O3S/c1-10(2)15(16(23)22(19)12-7-5-11(18)6-8-12)26-17-20-13(24-3)9-14(21-17)25-4/h5-10,15H,19H2,1-4H3. The minimum atomic E-state index is -0.472. The number of rotatable bonds is 7. The van der Waals surface area contributed by atoms with E-state index in [0.29, 0.717) is 22.6 Å². The quantitative estimate of drug-likeness (QED) is 0.232. The highest BCUT2D eigenvalue weighted by atomic mass is 79.9. The molecule has 2 N–H and O–H groups in total. The monoisotopic (exact) mass is 440 g/mol. The van der Waals surface area contributed by atoms with Crippen molar-refractivity contribution in [2.24, 2.45) is 11.8 Å². The molecule has 1 atom stereocenters. The molecule has 0 aliphatic rings. The van der Waals surface area contributed by atoms with Gasteiger partial charge in [-0.25, -0.2) is 10.9 Å². The second-order valence-electron chi connectivity index (χ2n) is 5.70. The number of carbonyl (C=O) groups excluding carboxylic acids is 1. The molecule has 0 aliphatic carbocycles. The molecule has 9 heteroatoms. The van der Waals surface area contributed by atoms with Gasteiger partial charge >= 0.3 is 0 Å². The Morgan fingerprint density at radius 1 is 1.15 bits per heavy atom. The van der Waals surface area contributed by atoms with Crippen LogP contribution in [0.15, 0.2) is 40.0 Å². The molecule has 0 spiro atoms. The van der Waals surface area contributed by atoms with E-state index in [1.54, 1.807) is 18.2 Å². The molecular formula is C17H21BrN4O3S. The molecule has 0 radical (unpaired) electrons. The molecular weight excluding hydrogens is 420 g/mol. The molecule has 2 rings (SSSR count). The van der Waals surface area contributed by atoms with Crippen molar-refractivity contribution in [1.82, 2.24) is 9.97 Å². The zero-order valence-corrected chi connectivity index (χ0v) is 17.4. The first-order valence-electron chi connectivity index (χ1n) is 7.83. The summed E-state index contributed by atoms with van der Waals surface area (Å²) >= 11 is 4.59. The number of anilines is 1. The van der Waals surface area contributed by atoms with Crippen molar-refractivity contribution in [3.8, 4) is 11.8 Å². The zero-order valence-electron chi connectivity index (χ0n) is 15.0. The first-order chi connectivity index (χ1) is 12.3. The number of hydrogen-bond acceptors (Lipinski definition) is 7. The molecule has 1 heterocycles. The minimum Gasteiger partial charge on any atom is -0.481 e. The van der Waals surface area contributed by atoms with Crippen LogP contribution >= 0.6 is 27.7 Å². The number of aromatic nitrogens is 2. The summed E-state index contributed by atoms with van der Waals surface area (Å²) in [5.74, 6) is 6.56. The van der Waals surface area contributed by atoms with Crippen LogP contribution in [-0.2, 0) is 4.79 Å². The molecule has 0 saturated heterocycles. The van der Waals surface area contributed by atoms with Gasteiger partial charge in [0.25, 0.3) is 5.91 Å². The fraction of sp³-hybridized carbons (Fsp3) is 0.353. The van der Waals surface area contributed by atoms with Crippen molar-refractivity contribution in [3.63, 3.8) is 0 Å². The number of carbonyl (C=O) groups is 1. The molecule has 2 aromatic rings. The number of ether oxygens (including phenoxy) is 2. The fourth-order valence-corrected chi connectivity index (χ4v) is 3.36. The third kappa shape index (κ3) is 5.09. The van der Waals surface area contributed by atoms with Crippen LogP contribution in [0.4, 0.5) is 5.69 Å². The van der Waals surface area contributed by atoms with E-state index < -0.39 is 5.25 Å². The summed E-state index contributed by atoms with van der Waals surface area (Å²) in [5.41, 5.74) is 0.605. The largest absolute Gasteiger partial charge is 0.481 e. The average Bonchev–Trinajstić information content (AvgIpc) is 2.65. The Kier molecular flexibility index (Phi) is 7.24. The highest BCUT2D eigenvalue weighted by Crippen LogP contribution is 2.30. The van der Waals surface area contributed by atoms with Crippen molar-refractivity contribution >= 4 is 39.3 Å². The lowest BCUT2D eigenvalue weighted by molar-refractivity contribution is -0.118. The maximum atomic E-state index is 12.9. The highest BCUT2D eigenvalue weighted by Gasteiger charge is 2.29. The molecule has 0 aliphatic heterocycles. The summed E-state index contributed by atoms with van der Waals surface area (Å²) in [6.07, 6.45) is 0. The molecule has 26 heavy (non-hydrogen) atoms. The Morgan fingerprint density at radius 2 is 1.69 bits per heavy atom. The molecule has 0 saturated carbocycles. The van der Waals surface area contributed by atoms with Crippen LogP contribution in [0.2, 0.25) is 0 Å². The first kappa shape index (κ1) is 20.5. The van der Waals surface area contributed by atoms with E-state index in [4.69, 9.17) is 15.3 Å². The van der Waals surface area contributed by atoms with Crippen molar-refractivity contribution in [2.75, 3.05) is 19.2 Å². The van der Waals surface area contributed by atoms with Gasteiger partial charge in [-0.15, -0.1) is 0 Å². The van der Waals surface area contributed by atoms with Crippen LogP contribution in [-0.4, -0.2) is 35.3 Å². The normalized spacial score (nSPS) is 12.0. The van der Waals surface area contributed by atoms with E-state index in [2.05, 4.69) is 25.9 Å². The van der Waals surface area contributed by atoms with Gasteiger partial charge in [-0.1, -0.05) is 41.5 Å². The van der Waals surface area contributed by atoms with E-state index in [9.17, 15) is 4.79 Å². The SMILES string of the molecule is COc1cc(OC)nc(SC(C(=O)N(N)c2ccc(Br)cc2)C(C)C)n1. The van der Waals surface area contributed by atoms with Gasteiger partial charge in [0, 0.05) is 4.47 Å². The van der Waals surface area contributed by atoms with Crippen LogP contribution in [0.25, 0.3) is 0 Å². The summed E-state index contributed by atoms with van der Waals surface area (Å²) in [6, 6.07) is 8.78. The summed E-state index contributed by atoms with van der Waals surface area (Å²) < 4.78 is 11.2. The molecule has 140 valence electrons. The van der Waals surface area contributed by atoms with Gasteiger partial charge in [0.15, 0.2) is 5.16 Å². The summed E-state index contributed by atoms with van der Waals surface area (Å²) in [7, 11) is 3.02. The molecule has 1 aromatic carbocycles. The van der Waals surface area contributed by atoms with Crippen molar-refractivity contribution < 1.29 is 14.3 Å². The van der Waals surface area contributed by atoms with Crippen LogP contribution in [0.5, 0.6) is 11.8 Å². The number of amides is 1. The van der Waals surface area contributed by atoms with Crippen LogP contribution in [0.3, 0.4) is 0 Å². The maximum Gasteiger partial charge on any atom is 0.255 e. The number of hydrazine groups is 1. The van der Waals surface area contributed by atoms with E-state index >= 15 is 0 Å². The molecule has 0 bridgehead atoms. The Hall–Kier alpha value is -1.84. The van der Waals surface area contributed by atoms with Gasteiger partial charge in [0.05, 0.1) is 31.2 Å². The first-order valence-corrected chi connectivity index (χ1v) is 9.51.